The highest BCUT2D eigenvalue weighted by molar-refractivity contribution is 5.90. The normalized spacial score (nSPS) is 10.1. The van der Waals surface area contributed by atoms with Crippen LogP contribution in [-0.2, 0) is 4.79 Å². The molecule has 0 rings (SSSR count). The van der Waals surface area contributed by atoms with Gasteiger partial charge in [-0.1, -0.05) is 19.4 Å². The zero-order chi connectivity index (χ0) is 9.56. The molecule has 2 heteroatoms. The van der Waals surface area contributed by atoms with E-state index in [1.165, 1.54) is 0 Å². The van der Waals surface area contributed by atoms with Gasteiger partial charge in [0.25, 0.3) is 0 Å². The third-order valence-electron chi connectivity index (χ3n) is 1.37. The standard InChI is InChI=1S/C10H19NO/c1-8(2)7-10(12)5-6-11-9(3)4/h7,9,11H,5-6H2,1-4H3. The van der Waals surface area contributed by atoms with Crippen LogP contribution in [0.5, 0.6) is 0 Å². The van der Waals surface area contributed by atoms with Gasteiger partial charge in [-0.05, 0) is 19.9 Å². The maximum atomic E-state index is 11.1. The summed E-state index contributed by atoms with van der Waals surface area (Å²) in [5, 5.41) is 3.20. The van der Waals surface area contributed by atoms with Crippen LogP contribution in [0.3, 0.4) is 0 Å². The van der Waals surface area contributed by atoms with Crippen molar-refractivity contribution >= 4 is 5.78 Å². The molecule has 0 aliphatic carbocycles. The van der Waals surface area contributed by atoms with Gasteiger partial charge in [0.1, 0.15) is 0 Å². The molecule has 0 spiro atoms. The van der Waals surface area contributed by atoms with Gasteiger partial charge in [0, 0.05) is 19.0 Å². The van der Waals surface area contributed by atoms with E-state index in [9.17, 15) is 4.79 Å². The van der Waals surface area contributed by atoms with Crippen LogP contribution in [0, 0.1) is 0 Å². The average Bonchev–Trinajstić information content (AvgIpc) is 1.84. The molecule has 1 N–H and O–H groups in total. The number of hydrogen-bond donors (Lipinski definition) is 1. The monoisotopic (exact) mass is 169 g/mol. The Hall–Kier alpha value is -0.630. The number of ketones is 1. The first-order chi connectivity index (χ1) is 5.52. The molecule has 0 heterocycles. The quantitative estimate of drug-likeness (QED) is 0.637. The molecule has 2 nitrogen and oxygen atoms in total. The molecule has 0 saturated heterocycles. The van der Waals surface area contributed by atoms with Gasteiger partial charge >= 0.3 is 0 Å². The van der Waals surface area contributed by atoms with Crippen molar-refractivity contribution in [2.75, 3.05) is 6.54 Å². The molecule has 0 radical (unpaired) electrons. The number of hydrogen-bond acceptors (Lipinski definition) is 2. The fourth-order valence-electron chi connectivity index (χ4n) is 0.878. The Morgan fingerprint density at radius 3 is 2.42 bits per heavy atom. The third kappa shape index (κ3) is 7.48. The molecule has 0 saturated carbocycles. The van der Waals surface area contributed by atoms with Gasteiger partial charge < -0.3 is 5.32 Å². The molecule has 0 fully saturated rings. The van der Waals surface area contributed by atoms with Crippen LogP contribution in [0.2, 0.25) is 0 Å². The molecule has 0 aromatic carbocycles. The molecule has 70 valence electrons. The molecule has 0 aliphatic heterocycles. The lowest BCUT2D eigenvalue weighted by Gasteiger charge is -2.05. The number of nitrogens with one attached hydrogen (secondary N) is 1. The highest BCUT2D eigenvalue weighted by Crippen LogP contribution is 1.92. The summed E-state index contributed by atoms with van der Waals surface area (Å²) in [6.45, 7) is 8.80. The van der Waals surface area contributed by atoms with Crippen LogP contribution in [0.4, 0.5) is 0 Å². The minimum Gasteiger partial charge on any atom is -0.314 e. The summed E-state index contributed by atoms with van der Waals surface area (Å²) in [6, 6.07) is 0.463. The number of rotatable bonds is 5. The first kappa shape index (κ1) is 11.4. The van der Waals surface area contributed by atoms with Gasteiger partial charge in [-0.15, -0.1) is 0 Å². The van der Waals surface area contributed by atoms with E-state index in [1.807, 2.05) is 13.8 Å². The van der Waals surface area contributed by atoms with Crippen molar-refractivity contribution in [1.82, 2.24) is 5.32 Å². The zero-order valence-electron chi connectivity index (χ0n) is 8.48. The predicted octanol–water partition coefficient (Wildman–Crippen LogP) is 1.91. The minimum absolute atomic E-state index is 0.211. The number of allylic oxidation sites excluding steroid dienone is 2. The fraction of sp³-hybridized carbons (Fsp3) is 0.700. The second-order valence-corrected chi connectivity index (χ2v) is 3.55. The summed E-state index contributed by atoms with van der Waals surface area (Å²) in [5.74, 6) is 0.211. The van der Waals surface area contributed by atoms with E-state index >= 15 is 0 Å². The maximum Gasteiger partial charge on any atom is 0.156 e. The van der Waals surface area contributed by atoms with Gasteiger partial charge in [0.2, 0.25) is 0 Å². The van der Waals surface area contributed by atoms with Crippen LogP contribution in [0.25, 0.3) is 0 Å². The first-order valence-electron chi connectivity index (χ1n) is 4.43. The largest absolute Gasteiger partial charge is 0.314 e. The Bertz CT molecular complexity index is 167. The lowest BCUT2D eigenvalue weighted by atomic mass is 10.2. The molecule has 0 aromatic rings. The van der Waals surface area contributed by atoms with Gasteiger partial charge in [0.05, 0.1) is 0 Å². The summed E-state index contributed by atoms with van der Waals surface area (Å²) in [4.78, 5) is 11.1. The van der Waals surface area contributed by atoms with Crippen molar-refractivity contribution in [3.05, 3.63) is 11.6 Å². The number of carbonyl (C=O) groups is 1. The van der Waals surface area contributed by atoms with Gasteiger partial charge in [0.15, 0.2) is 5.78 Å². The Morgan fingerprint density at radius 1 is 1.42 bits per heavy atom. The zero-order valence-corrected chi connectivity index (χ0v) is 8.48. The SMILES string of the molecule is CC(C)=CC(=O)CCNC(C)C. The van der Waals surface area contributed by atoms with Crippen LogP contribution in [-0.4, -0.2) is 18.4 Å². The smallest absolute Gasteiger partial charge is 0.156 e. The van der Waals surface area contributed by atoms with E-state index in [4.69, 9.17) is 0 Å². The van der Waals surface area contributed by atoms with Gasteiger partial charge in [-0.25, -0.2) is 0 Å². The van der Waals surface area contributed by atoms with Gasteiger partial charge in [-0.3, -0.25) is 4.79 Å². The summed E-state index contributed by atoms with van der Waals surface area (Å²) >= 11 is 0. The Morgan fingerprint density at radius 2 is 2.00 bits per heavy atom. The average molecular weight is 169 g/mol. The highest BCUT2D eigenvalue weighted by Gasteiger charge is 1.97. The van der Waals surface area contributed by atoms with E-state index < -0.39 is 0 Å². The van der Waals surface area contributed by atoms with Crippen LogP contribution in [0.15, 0.2) is 11.6 Å². The summed E-state index contributed by atoms with van der Waals surface area (Å²) in [6.07, 6.45) is 2.30. The number of carbonyl (C=O) groups excluding carboxylic acids is 1. The molecule has 12 heavy (non-hydrogen) atoms. The molecular formula is C10H19NO. The van der Waals surface area contributed by atoms with E-state index in [0.29, 0.717) is 12.5 Å². The summed E-state index contributed by atoms with van der Waals surface area (Å²) in [7, 11) is 0. The van der Waals surface area contributed by atoms with Crippen molar-refractivity contribution in [1.29, 1.82) is 0 Å². The lowest BCUT2D eigenvalue weighted by Crippen LogP contribution is -2.25. The Labute approximate surface area is 75.0 Å². The Balaban J connectivity index is 3.52. The van der Waals surface area contributed by atoms with E-state index in [1.54, 1.807) is 6.08 Å². The van der Waals surface area contributed by atoms with Crippen molar-refractivity contribution < 1.29 is 4.79 Å². The second kappa shape index (κ2) is 5.95. The molecule has 0 unspecified atom stereocenters. The van der Waals surface area contributed by atoms with E-state index in [2.05, 4.69) is 19.2 Å². The van der Waals surface area contributed by atoms with Crippen LogP contribution >= 0.6 is 0 Å². The molecular weight excluding hydrogens is 150 g/mol. The van der Waals surface area contributed by atoms with Crippen molar-refractivity contribution in [3.8, 4) is 0 Å². The molecule has 0 aliphatic rings. The van der Waals surface area contributed by atoms with E-state index in [0.717, 1.165) is 12.1 Å². The molecule has 0 amide bonds. The van der Waals surface area contributed by atoms with Crippen molar-refractivity contribution in [2.45, 2.75) is 40.2 Å². The van der Waals surface area contributed by atoms with Crippen molar-refractivity contribution in [2.24, 2.45) is 0 Å². The molecule has 0 aromatic heterocycles. The second-order valence-electron chi connectivity index (χ2n) is 3.55. The lowest BCUT2D eigenvalue weighted by molar-refractivity contribution is -0.114. The summed E-state index contributed by atoms with van der Waals surface area (Å²) < 4.78 is 0. The molecule has 0 bridgehead atoms. The predicted molar refractivity (Wildman–Crippen MR) is 52.2 cm³/mol. The van der Waals surface area contributed by atoms with E-state index in [-0.39, 0.29) is 5.78 Å². The minimum atomic E-state index is 0.211. The van der Waals surface area contributed by atoms with Crippen LogP contribution < -0.4 is 5.32 Å². The van der Waals surface area contributed by atoms with Crippen LogP contribution in [0.1, 0.15) is 34.1 Å². The van der Waals surface area contributed by atoms with Crippen molar-refractivity contribution in [3.63, 3.8) is 0 Å². The fourth-order valence-corrected chi connectivity index (χ4v) is 0.878. The highest BCUT2D eigenvalue weighted by atomic mass is 16.1. The molecule has 0 atom stereocenters. The van der Waals surface area contributed by atoms with Gasteiger partial charge in [-0.2, -0.15) is 0 Å². The maximum absolute atomic E-state index is 11.1. The Kier molecular flexibility index (Phi) is 5.64. The third-order valence-corrected chi connectivity index (χ3v) is 1.37. The summed E-state index contributed by atoms with van der Waals surface area (Å²) in [5.41, 5.74) is 1.07. The topological polar surface area (TPSA) is 29.1 Å². The first-order valence-corrected chi connectivity index (χ1v) is 4.43.